The van der Waals surface area contributed by atoms with Crippen LogP contribution in [0.15, 0.2) is 18.2 Å². The fourth-order valence-corrected chi connectivity index (χ4v) is 3.24. The Hall–Kier alpha value is -1.14. The highest BCUT2D eigenvalue weighted by molar-refractivity contribution is 7.91. The van der Waals surface area contributed by atoms with Crippen LogP contribution in [0, 0.1) is 0 Å². The first-order valence-corrected chi connectivity index (χ1v) is 8.74. The Bertz CT molecular complexity index is 550. The molecule has 1 aromatic rings. The molecule has 0 saturated carbocycles. The highest BCUT2D eigenvalue weighted by atomic mass is 32.2. The van der Waals surface area contributed by atoms with E-state index in [1.165, 1.54) is 0 Å². The molecule has 2 rings (SSSR count). The van der Waals surface area contributed by atoms with Crippen molar-refractivity contribution in [1.29, 1.82) is 0 Å². The maximum Gasteiger partial charge on any atom is 0.153 e. The van der Waals surface area contributed by atoms with Crippen molar-refractivity contribution >= 4 is 15.7 Å². The summed E-state index contributed by atoms with van der Waals surface area (Å²) in [5, 5.41) is 3.40. The summed E-state index contributed by atoms with van der Waals surface area (Å²) in [6, 6.07) is 5.91. The number of nitrogens with zero attached hydrogens (tertiary/aromatic N) is 2. The summed E-state index contributed by atoms with van der Waals surface area (Å²) in [7, 11) is -2.85. The molecular formula is C14H23N3O2S. The zero-order valence-corrected chi connectivity index (χ0v) is 13.2. The van der Waals surface area contributed by atoms with Gasteiger partial charge in [0.15, 0.2) is 9.84 Å². The highest BCUT2D eigenvalue weighted by Crippen LogP contribution is 2.15. The molecule has 1 fully saturated rings. The highest BCUT2D eigenvalue weighted by Gasteiger charge is 2.22. The average Bonchev–Trinajstić information content (AvgIpc) is 2.36. The lowest BCUT2D eigenvalue weighted by atomic mass is 10.1. The third-order valence-electron chi connectivity index (χ3n) is 3.26. The Kier molecular flexibility index (Phi) is 4.34. The van der Waals surface area contributed by atoms with Crippen LogP contribution in [0.2, 0.25) is 0 Å². The minimum Gasteiger partial charge on any atom is -0.355 e. The smallest absolute Gasteiger partial charge is 0.153 e. The van der Waals surface area contributed by atoms with Crippen LogP contribution in [0.3, 0.4) is 0 Å². The lowest BCUT2D eigenvalue weighted by molar-refractivity contribution is 0.421. The van der Waals surface area contributed by atoms with Gasteiger partial charge in [-0.3, -0.25) is 0 Å². The van der Waals surface area contributed by atoms with Gasteiger partial charge in [-0.2, -0.15) is 0 Å². The average molecular weight is 297 g/mol. The van der Waals surface area contributed by atoms with Crippen LogP contribution in [-0.4, -0.2) is 43.5 Å². The van der Waals surface area contributed by atoms with Crippen molar-refractivity contribution in [3.05, 3.63) is 23.9 Å². The minimum atomic E-state index is -2.85. The Labute approximate surface area is 121 Å². The molecule has 1 saturated heterocycles. The number of anilines is 1. The number of rotatable bonds is 3. The maximum atomic E-state index is 11.5. The van der Waals surface area contributed by atoms with Crippen molar-refractivity contribution in [2.75, 3.05) is 29.5 Å². The standard InChI is InChI=1S/C14H23N3O2S/c1-14(2,3)15-11-12-5-4-6-13(16-12)17-7-9-20(18,19)10-8-17/h4-6,15H,7-11H2,1-3H3. The first-order chi connectivity index (χ1) is 9.25. The molecule has 1 aromatic heterocycles. The molecule has 1 aliphatic rings. The zero-order chi connectivity index (χ0) is 14.8. The second-order valence-electron chi connectivity index (χ2n) is 6.23. The van der Waals surface area contributed by atoms with Gasteiger partial charge >= 0.3 is 0 Å². The summed E-state index contributed by atoms with van der Waals surface area (Å²) in [6.07, 6.45) is 0. The van der Waals surface area contributed by atoms with E-state index in [2.05, 4.69) is 31.1 Å². The molecule has 0 amide bonds. The fourth-order valence-electron chi connectivity index (χ4n) is 2.04. The molecule has 0 aromatic carbocycles. The van der Waals surface area contributed by atoms with Crippen LogP contribution in [0.1, 0.15) is 26.5 Å². The minimum absolute atomic E-state index is 0.0525. The van der Waals surface area contributed by atoms with Crippen LogP contribution < -0.4 is 10.2 Å². The molecule has 1 N–H and O–H groups in total. The predicted molar refractivity (Wildman–Crippen MR) is 81.7 cm³/mol. The van der Waals surface area contributed by atoms with E-state index in [0.717, 1.165) is 11.5 Å². The van der Waals surface area contributed by atoms with E-state index in [1.807, 2.05) is 23.1 Å². The molecule has 0 bridgehead atoms. The van der Waals surface area contributed by atoms with Crippen molar-refractivity contribution < 1.29 is 8.42 Å². The monoisotopic (exact) mass is 297 g/mol. The second kappa shape index (κ2) is 5.69. The summed E-state index contributed by atoms with van der Waals surface area (Å²) in [6.45, 7) is 8.13. The summed E-state index contributed by atoms with van der Waals surface area (Å²) >= 11 is 0. The van der Waals surface area contributed by atoms with Crippen molar-refractivity contribution in [3.8, 4) is 0 Å². The second-order valence-corrected chi connectivity index (χ2v) is 8.53. The van der Waals surface area contributed by atoms with Gasteiger partial charge in [0, 0.05) is 25.2 Å². The summed E-state index contributed by atoms with van der Waals surface area (Å²) in [5.41, 5.74) is 1.03. The largest absolute Gasteiger partial charge is 0.355 e. The molecule has 1 aliphatic heterocycles. The van der Waals surface area contributed by atoms with Gasteiger partial charge < -0.3 is 10.2 Å². The van der Waals surface area contributed by atoms with Crippen molar-refractivity contribution in [1.82, 2.24) is 10.3 Å². The molecule has 0 unspecified atom stereocenters. The lowest BCUT2D eigenvalue weighted by Crippen LogP contribution is -2.41. The van der Waals surface area contributed by atoms with Gasteiger partial charge in [0.2, 0.25) is 0 Å². The Balaban J connectivity index is 2.03. The fraction of sp³-hybridized carbons (Fsp3) is 0.643. The van der Waals surface area contributed by atoms with Gasteiger partial charge in [-0.25, -0.2) is 13.4 Å². The summed E-state index contributed by atoms with van der Waals surface area (Å²) in [4.78, 5) is 6.66. The third kappa shape index (κ3) is 4.45. The zero-order valence-electron chi connectivity index (χ0n) is 12.4. The van der Waals surface area contributed by atoms with Gasteiger partial charge in [-0.05, 0) is 32.9 Å². The van der Waals surface area contributed by atoms with E-state index in [4.69, 9.17) is 0 Å². The Morgan fingerprint density at radius 2 is 1.90 bits per heavy atom. The molecule has 20 heavy (non-hydrogen) atoms. The molecule has 5 nitrogen and oxygen atoms in total. The maximum absolute atomic E-state index is 11.5. The molecule has 6 heteroatoms. The molecule has 2 heterocycles. The number of pyridine rings is 1. The summed E-state index contributed by atoms with van der Waals surface area (Å²) < 4.78 is 22.9. The number of aromatic nitrogens is 1. The van der Waals surface area contributed by atoms with E-state index < -0.39 is 9.84 Å². The van der Waals surface area contributed by atoms with E-state index in [9.17, 15) is 8.42 Å². The van der Waals surface area contributed by atoms with Crippen molar-refractivity contribution in [2.45, 2.75) is 32.9 Å². The normalized spacial score (nSPS) is 19.1. The topological polar surface area (TPSA) is 62.3 Å². The molecule has 0 spiro atoms. The number of hydrogen-bond acceptors (Lipinski definition) is 5. The van der Waals surface area contributed by atoms with Gasteiger partial charge in [-0.15, -0.1) is 0 Å². The SMILES string of the molecule is CC(C)(C)NCc1cccc(N2CCS(=O)(=O)CC2)n1. The number of nitrogens with one attached hydrogen (secondary N) is 1. The molecule has 112 valence electrons. The van der Waals surface area contributed by atoms with Crippen molar-refractivity contribution in [2.24, 2.45) is 0 Å². The van der Waals surface area contributed by atoms with Gasteiger partial charge in [0.05, 0.1) is 17.2 Å². The van der Waals surface area contributed by atoms with Crippen LogP contribution in [0.25, 0.3) is 0 Å². The Morgan fingerprint density at radius 1 is 1.25 bits per heavy atom. The molecule has 0 aliphatic carbocycles. The number of hydrogen-bond donors (Lipinski definition) is 1. The van der Waals surface area contributed by atoms with Gasteiger partial charge in [-0.1, -0.05) is 6.07 Å². The van der Waals surface area contributed by atoms with Gasteiger partial charge in [0.1, 0.15) is 5.82 Å². The molecule has 0 atom stereocenters. The number of sulfone groups is 1. The quantitative estimate of drug-likeness (QED) is 0.908. The first kappa shape index (κ1) is 15.3. The lowest BCUT2D eigenvalue weighted by Gasteiger charge is -2.28. The van der Waals surface area contributed by atoms with Gasteiger partial charge in [0.25, 0.3) is 0 Å². The van der Waals surface area contributed by atoms with Crippen LogP contribution >= 0.6 is 0 Å². The van der Waals surface area contributed by atoms with Crippen LogP contribution in [-0.2, 0) is 16.4 Å². The van der Waals surface area contributed by atoms with Crippen LogP contribution in [0.4, 0.5) is 5.82 Å². The van der Waals surface area contributed by atoms with Crippen molar-refractivity contribution in [3.63, 3.8) is 0 Å². The van der Waals surface area contributed by atoms with E-state index >= 15 is 0 Å². The molecular weight excluding hydrogens is 274 g/mol. The molecule has 0 radical (unpaired) electrons. The van der Waals surface area contributed by atoms with E-state index in [-0.39, 0.29) is 17.0 Å². The summed E-state index contributed by atoms with van der Waals surface area (Å²) in [5.74, 6) is 1.31. The predicted octanol–water partition coefficient (Wildman–Crippen LogP) is 1.20. The van der Waals surface area contributed by atoms with Crippen LogP contribution in [0.5, 0.6) is 0 Å². The van der Waals surface area contributed by atoms with E-state index in [0.29, 0.717) is 19.6 Å². The third-order valence-corrected chi connectivity index (χ3v) is 4.87. The first-order valence-electron chi connectivity index (χ1n) is 6.92. The van der Waals surface area contributed by atoms with E-state index in [1.54, 1.807) is 0 Å². The Morgan fingerprint density at radius 3 is 2.50 bits per heavy atom.